The van der Waals surface area contributed by atoms with Crippen molar-refractivity contribution in [1.29, 1.82) is 0 Å². The van der Waals surface area contributed by atoms with Crippen molar-refractivity contribution in [2.24, 2.45) is 11.8 Å². The van der Waals surface area contributed by atoms with Crippen molar-refractivity contribution in [3.05, 3.63) is 23.3 Å². The van der Waals surface area contributed by atoms with Crippen LogP contribution >= 0.6 is 0 Å². The normalized spacial score (nSPS) is 21.3. The molecule has 1 aliphatic rings. The lowest BCUT2D eigenvalue weighted by molar-refractivity contribution is -0.151. The number of methoxy groups -OCH3 is 5. The van der Waals surface area contributed by atoms with Crippen LogP contribution in [-0.2, 0) is 9.53 Å². The summed E-state index contributed by atoms with van der Waals surface area (Å²) < 4.78 is 33.5. The van der Waals surface area contributed by atoms with E-state index in [1.807, 2.05) is 13.8 Å². The van der Waals surface area contributed by atoms with E-state index in [1.54, 1.807) is 12.1 Å². The molecule has 0 spiro atoms. The van der Waals surface area contributed by atoms with Crippen LogP contribution in [0.25, 0.3) is 11.1 Å². The molecule has 0 saturated carbocycles. The second kappa shape index (κ2) is 9.89. The molecule has 0 aliphatic heterocycles. The number of fused-ring (bicyclic) bond motifs is 3. The maximum Gasteiger partial charge on any atom is 0.303 e. The number of phenols is 1. The molecule has 2 N–H and O–H groups in total. The third-order valence-corrected chi connectivity index (χ3v) is 6.51. The van der Waals surface area contributed by atoms with Crippen LogP contribution in [0.15, 0.2) is 12.1 Å². The largest absolute Gasteiger partial charge is 0.504 e. The van der Waals surface area contributed by atoms with Crippen molar-refractivity contribution in [2.75, 3.05) is 35.5 Å². The van der Waals surface area contributed by atoms with Crippen LogP contribution in [0.2, 0.25) is 0 Å². The summed E-state index contributed by atoms with van der Waals surface area (Å²) >= 11 is 0. The highest BCUT2D eigenvalue weighted by Crippen LogP contribution is 2.59. The van der Waals surface area contributed by atoms with Crippen LogP contribution < -0.4 is 23.7 Å². The Kier molecular flexibility index (Phi) is 7.35. The van der Waals surface area contributed by atoms with Gasteiger partial charge in [0.05, 0.1) is 41.7 Å². The number of hydrogen-bond donors (Lipinski definition) is 2. The molecule has 0 amide bonds. The van der Waals surface area contributed by atoms with E-state index in [4.69, 9.17) is 28.4 Å². The highest BCUT2D eigenvalue weighted by atomic mass is 16.5. The number of ether oxygens (including phenoxy) is 6. The summed E-state index contributed by atoms with van der Waals surface area (Å²) in [5.74, 6) is -0.246. The van der Waals surface area contributed by atoms with Gasteiger partial charge in [-0.2, -0.15) is 0 Å². The van der Waals surface area contributed by atoms with Gasteiger partial charge in [-0.1, -0.05) is 13.8 Å². The molecule has 4 atom stereocenters. The zero-order valence-electron chi connectivity index (χ0n) is 20.7. The summed E-state index contributed by atoms with van der Waals surface area (Å²) in [6.07, 6.45) is -1.83. The maximum absolute atomic E-state index is 12.1. The summed E-state index contributed by atoms with van der Waals surface area (Å²) in [4.78, 5) is 12.1. The van der Waals surface area contributed by atoms with Gasteiger partial charge in [0, 0.05) is 29.5 Å². The molecule has 0 unspecified atom stereocenters. The van der Waals surface area contributed by atoms with Crippen LogP contribution in [0.4, 0.5) is 0 Å². The zero-order valence-corrected chi connectivity index (χ0v) is 20.7. The fraction of sp³-hybridized carbons (Fsp3) is 0.480. The number of aliphatic hydroxyl groups excluding tert-OH is 1. The number of aromatic hydroxyl groups is 1. The second-order valence-electron chi connectivity index (χ2n) is 8.23. The van der Waals surface area contributed by atoms with E-state index in [1.165, 1.54) is 42.5 Å². The third kappa shape index (κ3) is 3.94. The Hall–Kier alpha value is -3.33. The number of carbonyl (C=O) groups excluding carboxylic acids is 1. The molecule has 1 aliphatic carbocycles. The predicted octanol–water partition coefficient (Wildman–Crippen LogP) is 4.03. The van der Waals surface area contributed by atoms with E-state index in [2.05, 4.69) is 0 Å². The predicted molar refractivity (Wildman–Crippen MR) is 124 cm³/mol. The van der Waals surface area contributed by atoms with Crippen molar-refractivity contribution < 1.29 is 43.4 Å². The molecular weight excluding hydrogens is 444 g/mol. The van der Waals surface area contributed by atoms with E-state index in [9.17, 15) is 15.0 Å². The molecule has 9 nitrogen and oxygen atoms in total. The third-order valence-electron chi connectivity index (χ3n) is 6.51. The molecule has 0 bridgehead atoms. The highest BCUT2D eigenvalue weighted by Gasteiger charge is 2.41. The Morgan fingerprint density at radius 1 is 0.765 bits per heavy atom. The van der Waals surface area contributed by atoms with Crippen molar-refractivity contribution in [1.82, 2.24) is 0 Å². The van der Waals surface area contributed by atoms with Gasteiger partial charge in [-0.25, -0.2) is 0 Å². The van der Waals surface area contributed by atoms with E-state index in [0.29, 0.717) is 22.4 Å². The average molecular weight is 477 g/mol. The second-order valence-corrected chi connectivity index (χ2v) is 8.23. The molecule has 2 aromatic carbocycles. The van der Waals surface area contributed by atoms with E-state index in [-0.39, 0.29) is 46.1 Å². The van der Waals surface area contributed by atoms with Crippen molar-refractivity contribution >= 4 is 5.97 Å². The lowest BCUT2D eigenvalue weighted by Gasteiger charge is -2.37. The molecule has 0 heterocycles. The SMILES string of the molecule is COc1cc2c(c(O)c1OC)-c1c(cc(OC)c(OC)c1OC)[C@@H](O)[C@H](C)[C@@H](C)[C@@H]2OC(C)=O. The maximum atomic E-state index is 12.1. The Morgan fingerprint density at radius 2 is 1.29 bits per heavy atom. The molecule has 2 aromatic rings. The van der Waals surface area contributed by atoms with Gasteiger partial charge in [0.2, 0.25) is 11.5 Å². The van der Waals surface area contributed by atoms with Crippen LogP contribution in [-0.4, -0.2) is 51.7 Å². The summed E-state index contributed by atoms with van der Waals surface area (Å²) in [5, 5.41) is 22.9. The topological polar surface area (TPSA) is 113 Å². The Labute approximate surface area is 199 Å². The fourth-order valence-electron chi connectivity index (χ4n) is 4.63. The fourth-order valence-corrected chi connectivity index (χ4v) is 4.63. The van der Waals surface area contributed by atoms with Gasteiger partial charge in [-0.15, -0.1) is 0 Å². The van der Waals surface area contributed by atoms with Crippen molar-refractivity contribution in [3.8, 4) is 45.6 Å². The van der Waals surface area contributed by atoms with Crippen molar-refractivity contribution in [2.45, 2.75) is 33.0 Å². The Balaban J connectivity index is 2.60. The standard InChI is InChI=1S/C25H32O9/c1-11-12(2)22(34-13(3)26)15-10-16(29-4)23(31-6)21(28)18(15)19-14(20(11)27)9-17(30-5)24(32-7)25(19)33-8/h9-12,20,22,27-28H,1-8H3/t11-,12-,20+,22+/m1/s1. The molecule has 3 rings (SSSR count). The van der Waals surface area contributed by atoms with Gasteiger partial charge in [0.1, 0.15) is 6.10 Å². The lowest BCUT2D eigenvalue weighted by atomic mass is 9.74. The molecular formula is C25H32O9. The number of carbonyl (C=O) groups is 1. The Bertz CT molecular complexity index is 1080. The molecule has 9 heteroatoms. The number of rotatable bonds is 6. The summed E-state index contributed by atoms with van der Waals surface area (Å²) in [6.45, 7) is 5.06. The van der Waals surface area contributed by atoms with Gasteiger partial charge in [0.25, 0.3) is 0 Å². The van der Waals surface area contributed by atoms with Gasteiger partial charge in [0.15, 0.2) is 23.0 Å². The lowest BCUT2D eigenvalue weighted by Crippen LogP contribution is -2.28. The van der Waals surface area contributed by atoms with Gasteiger partial charge < -0.3 is 38.6 Å². The Morgan fingerprint density at radius 3 is 1.79 bits per heavy atom. The quantitative estimate of drug-likeness (QED) is 0.597. The number of benzene rings is 2. The first kappa shape index (κ1) is 25.3. The van der Waals surface area contributed by atoms with Gasteiger partial charge in [-0.05, 0) is 23.6 Å². The molecule has 186 valence electrons. The smallest absolute Gasteiger partial charge is 0.303 e. The number of esters is 1. The first-order chi connectivity index (χ1) is 16.2. The van der Waals surface area contributed by atoms with E-state index < -0.39 is 18.2 Å². The summed E-state index contributed by atoms with van der Waals surface area (Å²) in [5.41, 5.74) is 1.58. The average Bonchev–Trinajstić information content (AvgIpc) is 2.83. The minimum absolute atomic E-state index is 0.0846. The molecule has 0 aromatic heterocycles. The van der Waals surface area contributed by atoms with E-state index in [0.717, 1.165) is 0 Å². The van der Waals surface area contributed by atoms with Gasteiger partial charge >= 0.3 is 5.97 Å². The van der Waals surface area contributed by atoms with Crippen LogP contribution in [0.1, 0.15) is 44.1 Å². The van der Waals surface area contributed by atoms with Crippen LogP contribution in [0.5, 0.6) is 34.5 Å². The molecule has 0 saturated heterocycles. The first-order valence-electron chi connectivity index (χ1n) is 10.8. The minimum atomic E-state index is -1.02. The highest BCUT2D eigenvalue weighted by molar-refractivity contribution is 5.89. The molecule has 34 heavy (non-hydrogen) atoms. The number of phenolic OH excluding ortho intramolecular Hbond substituents is 1. The minimum Gasteiger partial charge on any atom is -0.504 e. The monoisotopic (exact) mass is 476 g/mol. The summed E-state index contributed by atoms with van der Waals surface area (Å²) in [7, 11) is 7.26. The van der Waals surface area contributed by atoms with Crippen molar-refractivity contribution in [3.63, 3.8) is 0 Å². The van der Waals surface area contributed by atoms with E-state index >= 15 is 0 Å². The van der Waals surface area contributed by atoms with Crippen LogP contribution in [0, 0.1) is 11.8 Å². The van der Waals surface area contributed by atoms with Crippen LogP contribution in [0.3, 0.4) is 0 Å². The number of aliphatic hydroxyl groups is 1. The molecule has 0 fully saturated rings. The summed E-state index contributed by atoms with van der Waals surface area (Å²) in [6, 6.07) is 3.33. The molecule has 0 radical (unpaired) electrons. The number of hydrogen-bond acceptors (Lipinski definition) is 9. The zero-order chi connectivity index (χ0) is 25.3. The first-order valence-corrected chi connectivity index (χ1v) is 10.8. The van der Waals surface area contributed by atoms with Gasteiger partial charge in [-0.3, -0.25) is 4.79 Å².